The van der Waals surface area contributed by atoms with Gasteiger partial charge < -0.3 is 4.74 Å². The van der Waals surface area contributed by atoms with Gasteiger partial charge in [-0.3, -0.25) is 4.90 Å². The number of morpholine rings is 1. The van der Waals surface area contributed by atoms with Crippen LogP contribution in [0.4, 0.5) is 0 Å². The summed E-state index contributed by atoms with van der Waals surface area (Å²) in [6.45, 7) is 7.47. The van der Waals surface area contributed by atoms with Crippen molar-refractivity contribution in [3.63, 3.8) is 0 Å². The number of ether oxygens (including phenoxy) is 1. The molecule has 2 saturated heterocycles. The Morgan fingerprint density at radius 2 is 1.50 bits per heavy atom. The van der Waals surface area contributed by atoms with Gasteiger partial charge in [-0.15, -0.1) is 0 Å². The van der Waals surface area contributed by atoms with E-state index in [0.29, 0.717) is 19.6 Å². The molecule has 158 valence electrons. The highest BCUT2D eigenvalue weighted by Crippen LogP contribution is 2.22. The molecule has 1 aromatic rings. The van der Waals surface area contributed by atoms with E-state index in [0.717, 1.165) is 25.9 Å². The van der Waals surface area contributed by atoms with Crippen LogP contribution in [0.5, 0.6) is 0 Å². The fraction of sp³-hybridized carbons (Fsp3) is 0.667. The lowest BCUT2D eigenvalue weighted by molar-refractivity contribution is -0.0671. The maximum Gasteiger partial charge on any atom is 0.243 e. The van der Waals surface area contributed by atoms with Crippen molar-refractivity contribution in [3.8, 4) is 0 Å². The number of sulfonamides is 2. The van der Waals surface area contributed by atoms with Crippen molar-refractivity contribution in [2.75, 3.05) is 39.3 Å². The van der Waals surface area contributed by atoms with Gasteiger partial charge in [-0.2, -0.15) is 4.31 Å². The minimum Gasteiger partial charge on any atom is -0.373 e. The summed E-state index contributed by atoms with van der Waals surface area (Å²) < 4.78 is 59.8. The van der Waals surface area contributed by atoms with Gasteiger partial charge in [0.1, 0.15) is 0 Å². The van der Waals surface area contributed by atoms with Crippen LogP contribution in [0.3, 0.4) is 0 Å². The van der Waals surface area contributed by atoms with Crippen LogP contribution in [-0.2, 0) is 24.8 Å². The van der Waals surface area contributed by atoms with E-state index >= 15 is 0 Å². The normalized spacial score (nSPS) is 25.2. The summed E-state index contributed by atoms with van der Waals surface area (Å²) >= 11 is 0. The third-order valence-electron chi connectivity index (χ3n) is 5.05. The smallest absolute Gasteiger partial charge is 0.243 e. The van der Waals surface area contributed by atoms with Gasteiger partial charge in [0.2, 0.25) is 20.0 Å². The van der Waals surface area contributed by atoms with Crippen molar-refractivity contribution < 1.29 is 21.6 Å². The average molecular weight is 432 g/mol. The Kier molecular flexibility index (Phi) is 6.78. The number of rotatable bonds is 7. The zero-order chi connectivity index (χ0) is 20.4. The Labute approximate surface area is 168 Å². The van der Waals surface area contributed by atoms with Gasteiger partial charge in [-0.25, -0.2) is 21.6 Å². The molecule has 0 aromatic heterocycles. The molecule has 0 saturated carbocycles. The fourth-order valence-electron chi connectivity index (χ4n) is 3.76. The molecule has 2 heterocycles. The molecular formula is C18H29N3O5S2. The zero-order valence-corrected chi connectivity index (χ0v) is 18.0. The number of hydrogen-bond donors (Lipinski definition) is 1. The zero-order valence-electron chi connectivity index (χ0n) is 16.4. The summed E-state index contributed by atoms with van der Waals surface area (Å²) in [4.78, 5) is 2.37. The average Bonchev–Trinajstić information content (AvgIpc) is 3.16. The highest BCUT2D eigenvalue weighted by Gasteiger charge is 2.27. The van der Waals surface area contributed by atoms with Crippen LogP contribution < -0.4 is 4.72 Å². The van der Waals surface area contributed by atoms with E-state index in [1.807, 2.05) is 13.8 Å². The second-order valence-electron chi connectivity index (χ2n) is 7.50. The van der Waals surface area contributed by atoms with E-state index in [1.165, 1.54) is 28.6 Å². The molecule has 0 spiro atoms. The van der Waals surface area contributed by atoms with Gasteiger partial charge in [0.25, 0.3) is 0 Å². The largest absolute Gasteiger partial charge is 0.373 e. The molecule has 0 bridgehead atoms. The van der Waals surface area contributed by atoms with E-state index in [9.17, 15) is 16.8 Å². The number of hydrogen-bond acceptors (Lipinski definition) is 6. The summed E-state index contributed by atoms with van der Waals surface area (Å²) in [5.41, 5.74) is 0. The number of nitrogens with one attached hydrogen (secondary N) is 1. The van der Waals surface area contributed by atoms with Crippen molar-refractivity contribution >= 4 is 20.0 Å². The minimum atomic E-state index is -3.69. The van der Waals surface area contributed by atoms with E-state index in [4.69, 9.17) is 4.74 Å². The molecule has 3 rings (SSSR count). The Hall–Kier alpha value is -1.04. The predicted molar refractivity (Wildman–Crippen MR) is 106 cm³/mol. The van der Waals surface area contributed by atoms with E-state index in [1.54, 1.807) is 0 Å². The summed E-state index contributed by atoms with van der Waals surface area (Å²) in [6, 6.07) is 5.44. The topological polar surface area (TPSA) is 96.0 Å². The molecule has 2 aliphatic heterocycles. The van der Waals surface area contributed by atoms with Gasteiger partial charge >= 0.3 is 0 Å². The van der Waals surface area contributed by atoms with Crippen LogP contribution in [0.2, 0.25) is 0 Å². The van der Waals surface area contributed by atoms with Gasteiger partial charge in [-0.1, -0.05) is 0 Å². The van der Waals surface area contributed by atoms with Crippen molar-refractivity contribution in [2.24, 2.45) is 0 Å². The number of nitrogens with zero attached hydrogens (tertiary/aromatic N) is 2. The number of benzene rings is 1. The van der Waals surface area contributed by atoms with Crippen LogP contribution in [0.1, 0.15) is 26.7 Å². The minimum absolute atomic E-state index is 0.0663. The maximum atomic E-state index is 12.5. The maximum absolute atomic E-state index is 12.5. The Morgan fingerprint density at radius 1 is 0.964 bits per heavy atom. The molecule has 2 aliphatic rings. The molecule has 2 unspecified atom stereocenters. The van der Waals surface area contributed by atoms with Crippen molar-refractivity contribution in [2.45, 2.75) is 48.7 Å². The Morgan fingerprint density at radius 3 is 2.07 bits per heavy atom. The summed E-state index contributed by atoms with van der Waals surface area (Å²) in [6.07, 6.45) is 1.98. The first kappa shape index (κ1) is 21.7. The molecule has 1 N–H and O–H groups in total. The van der Waals surface area contributed by atoms with Crippen LogP contribution >= 0.6 is 0 Å². The molecule has 0 radical (unpaired) electrons. The Bertz CT molecular complexity index is 855. The lowest BCUT2D eigenvalue weighted by Crippen LogP contribution is -2.47. The second kappa shape index (κ2) is 8.76. The Balaban J connectivity index is 1.59. The van der Waals surface area contributed by atoms with Gasteiger partial charge in [0, 0.05) is 39.3 Å². The summed E-state index contributed by atoms with van der Waals surface area (Å²) in [7, 11) is -7.23. The first-order chi connectivity index (χ1) is 13.2. The van der Waals surface area contributed by atoms with Gasteiger partial charge in [0.15, 0.2) is 0 Å². The van der Waals surface area contributed by atoms with Crippen molar-refractivity contribution in [3.05, 3.63) is 24.3 Å². The van der Waals surface area contributed by atoms with E-state index in [-0.39, 0.29) is 28.5 Å². The van der Waals surface area contributed by atoms with Gasteiger partial charge in [0.05, 0.1) is 22.0 Å². The van der Waals surface area contributed by atoms with Crippen LogP contribution in [0.25, 0.3) is 0 Å². The van der Waals surface area contributed by atoms with Crippen LogP contribution in [-0.4, -0.2) is 77.5 Å². The summed E-state index contributed by atoms with van der Waals surface area (Å²) in [5, 5.41) is 0. The lowest BCUT2D eigenvalue weighted by Gasteiger charge is -2.35. The summed E-state index contributed by atoms with van der Waals surface area (Å²) in [5.74, 6) is 0. The third kappa shape index (κ3) is 5.11. The third-order valence-corrected chi connectivity index (χ3v) is 8.44. The standard InChI is InChI=1S/C18H29N3O5S2/c1-15-13-20(14-16(2)26-15)12-9-19-27(22,23)17-5-7-18(8-6-17)28(24,25)21-10-3-4-11-21/h5-8,15-16,19H,3-4,9-14H2,1-2H3. The molecule has 1 aromatic carbocycles. The van der Waals surface area contributed by atoms with Gasteiger partial charge in [-0.05, 0) is 51.0 Å². The molecule has 28 heavy (non-hydrogen) atoms. The highest BCUT2D eigenvalue weighted by atomic mass is 32.2. The molecular weight excluding hydrogens is 402 g/mol. The van der Waals surface area contributed by atoms with Crippen molar-refractivity contribution in [1.82, 2.24) is 13.9 Å². The first-order valence-electron chi connectivity index (χ1n) is 9.66. The van der Waals surface area contributed by atoms with E-state index in [2.05, 4.69) is 9.62 Å². The molecule has 8 nitrogen and oxygen atoms in total. The molecule has 10 heteroatoms. The second-order valence-corrected chi connectivity index (χ2v) is 11.2. The van der Waals surface area contributed by atoms with Crippen LogP contribution in [0.15, 0.2) is 34.1 Å². The first-order valence-corrected chi connectivity index (χ1v) is 12.6. The SMILES string of the molecule is CC1CN(CCNS(=O)(=O)c2ccc(S(=O)(=O)N3CCCC3)cc2)CC(C)O1. The van der Waals surface area contributed by atoms with Crippen molar-refractivity contribution in [1.29, 1.82) is 0 Å². The highest BCUT2D eigenvalue weighted by molar-refractivity contribution is 7.89. The predicted octanol–water partition coefficient (Wildman–Crippen LogP) is 0.859. The lowest BCUT2D eigenvalue weighted by atomic mass is 10.2. The van der Waals surface area contributed by atoms with Crippen LogP contribution in [0, 0.1) is 0 Å². The molecule has 2 atom stereocenters. The molecule has 2 fully saturated rings. The monoisotopic (exact) mass is 431 g/mol. The van der Waals surface area contributed by atoms with E-state index < -0.39 is 20.0 Å². The molecule has 0 amide bonds. The molecule has 0 aliphatic carbocycles. The fourth-order valence-corrected chi connectivity index (χ4v) is 6.29. The quantitative estimate of drug-likeness (QED) is 0.688.